The van der Waals surface area contributed by atoms with Crippen molar-refractivity contribution >= 4 is 29.4 Å². The highest BCUT2D eigenvalue weighted by Gasteiger charge is 2.31. The highest BCUT2D eigenvalue weighted by Crippen LogP contribution is 2.24. The smallest absolute Gasteiger partial charge is 0.338 e. The number of hydrogen-bond acceptors (Lipinski definition) is 5. The number of anilines is 1. The number of amides is 3. The fourth-order valence-corrected chi connectivity index (χ4v) is 3.83. The molecule has 3 rings (SSSR count). The number of hydrogen-bond donors (Lipinski definition) is 0. The van der Waals surface area contributed by atoms with Gasteiger partial charge in [-0.1, -0.05) is 6.07 Å². The van der Waals surface area contributed by atoms with Gasteiger partial charge in [-0.25, -0.2) is 4.79 Å². The Bertz CT molecular complexity index is 749. The molecule has 0 spiro atoms. The molecule has 3 amide bonds. The summed E-state index contributed by atoms with van der Waals surface area (Å²) in [5, 5.41) is 0. The molecule has 0 aliphatic carbocycles. The number of imide groups is 1. The van der Waals surface area contributed by atoms with E-state index in [2.05, 4.69) is 0 Å². The molecule has 27 heavy (non-hydrogen) atoms. The van der Waals surface area contributed by atoms with Crippen molar-refractivity contribution in [1.29, 1.82) is 0 Å². The summed E-state index contributed by atoms with van der Waals surface area (Å²) in [4.78, 5) is 51.4. The van der Waals surface area contributed by atoms with Crippen LogP contribution in [0.2, 0.25) is 0 Å². The first-order chi connectivity index (χ1) is 12.9. The second kappa shape index (κ2) is 7.90. The number of benzene rings is 1. The number of esters is 1. The molecule has 2 saturated heterocycles. The molecule has 7 heteroatoms. The maximum Gasteiger partial charge on any atom is 0.338 e. The van der Waals surface area contributed by atoms with Gasteiger partial charge in [-0.3, -0.25) is 19.3 Å². The van der Waals surface area contributed by atoms with Crippen LogP contribution in [0.15, 0.2) is 24.3 Å². The van der Waals surface area contributed by atoms with Gasteiger partial charge >= 0.3 is 5.97 Å². The number of likely N-dealkylation sites (tertiary alicyclic amines) is 1. The van der Waals surface area contributed by atoms with Crippen molar-refractivity contribution in [2.75, 3.05) is 11.5 Å². The molecule has 1 aromatic rings. The van der Waals surface area contributed by atoms with Gasteiger partial charge in [-0.2, -0.15) is 0 Å². The second-order valence-corrected chi connectivity index (χ2v) is 7.18. The predicted octanol–water partition coefficient (Wildman–Crippen LogP) is 2.29. The zero-order valence-corrected chi connectivity index (χ0v) is 15.6. The summed E-state index contributed by atoms with van der Waals surface area (Å²) in [6.07, 6.45) is 3.34. The van der Waals surface area contributed by atoms with Gasteiger partial charge in [0.15, 0.2) is 6.61 Å². The van der Waals surface area contributed by atoms with Gasteiger partial charge in [-0.15, -0.1) is 0 Å². The minimum Gasteiger partial charge on any atom is -0.452 e. The molecule has 2 atom stereocenters. The van der Waals surface area contributed by atoms with E-state index in [-0.39, 0.29) is 54.8 Å². The summed E-state index contributed by atoms with van der Waals surface area (Å²) in [7, 11) is 0. The Labute approximate surface area is 158 Å². The highest BCUT2D eigenvalue weighted by molar-refractivity contribution is 6.20. The SMILES string of the molecule is CC1CCCC(C)N1C(=O)COC(=O)c1cccc(N2C(=O)CCC2=O)c1. The molecular weight excluding hydrogens is 348 g/mol. The van der Waals surface area contributed by atoms with E-state index in [1.807, 2.05) is 13.8 Å². The van der Waals surface area contributed by atoms with Crippen LogP contribution in [0.5, 0.6) is 0 Å². The van der Waals surface area contributed by atoms with Crippen LogP contribution in [0.4, 0.5) is 5.69 Å². The third kappa shape index (κ3) is 4.02. The number of nitrogens with zero attached hydrogens (tertiary/aromatic N) is 2. The van der Waals surface area contributed by atoms with Crippen LogP contribution in [-0.2, 0) is 19.1 Å². The van der Waals surface area contributed by atoms with E-state index in [1.54, 1.807) is 17.0 Å². The van der Waals surface area contributed by atoms with Crippen molar-refractivity contribution in [2.24, 2.45) is 0 Å². The molecule has 0 bridgehead atoms. The molecule has 0 aromatic heterocycles. The van der Waals surface area contributed by atoms with Crippen LogP contribution in [-0.4, -0.2) is 47.3 Å². The van der Waals surface area contributed by atoms with E-state index >= 15 is 0 Å². The molecule has 0 N–H and O–H groups in total. The van der Waals surface area contributed by atoms with Crippen LogP contribution in [0.3, 0.4) is 0 Å². The van der Waals surface area contributed by atoms with Crippen molar-refractivity contribution < 1.29 is 23.9 Å². The Hall–Kier alpha value is -2.70. The van der Waals surface area contributed by atoms with Gasteiger partial charge in [0, 0.05) is 24.9 Å². The minimum absolute atomic E-state index is 0.135. The van der Waals surface area contributed by atoms with Crippen molar-refractivity contribution in [2.45, 2.75) is 58.0 Å². The molecule has 2 unspecified atom stereocenters. The molecule has 0 radical (unpaired) electrons. The Kier molecular flexibility index (Phi) is 5.58. The van der Waals surface area contributed by atoms with Crippen molar-refractivity contribution in [1.82, 2.24) is 4.90 Å². The van der Waals surface area contributed by atoms with Crippen molar-refractivity contribution in [3.8, 4) is 0 Å². The monoisotopic (exact) mass is 372 g/mol. The van der Waals surface area contributed by atoms with Gasteiger partial charge in [0.25, 0.3) is 5.91 Å². The molecule has 2 aliphatic rings. The first-order valence-electron chi connectivity index (χ1n) is 9.32. The standard InChI is InChI=1S/C20H24N2O5/c1-13-5-3-6-14(2)21(13)19(25)12-27-20(26)15-7-4-8-16(11-15)22-17(23)9-10-18(22)24/h4,7-8,11,13-14H,3,5-6,9-10,12H2,1-2H3. The van der Waals surface area contributed by atoms with Crippen molar-refractivity contribution in [3.05, 3.63) is 29.8 Å². The van der Waals surface area contributed by atoms with Gasteiger partial charge in [0.1, 0.15) is 0 Å². The zero-order valence-electron chi connectivity index (χ0n) is 15.6. The summed E-state index contributed by atoms with van der Waals surface area (Å²) in [6.45, 7) is 3.69. The molecule has 144 valence electrons. The average Bonchev–Trinajstić information content (AvgIpc) is 2.98. The Morgan fingerprint density at radius 3 is 2.33 bits per heavy atom. The number of ether oxygens (including phenoxy) is 1. The first kappa shape index (κ1) is 19.1. The Morgan fingerprint density at radius 2 is 1.70 bits per heavy atom. The lowest BCUT2D eigenvalue weighted by Crippen LogP contribution is -2.49. The maximum atomic E-state index is 12.5. The summed E-state index contributed by atoms with van der Waals surface area (Å²) in [5.41, 5.74) is 0.550. The molecule has 2 aliphatic heterocycles. The average molecular weight is 372 g/mol. The summed E-state index contributed by atoms with van der Waals surface area (Å²) in [5.74, 6) is -1.42. The summed E-state index contributed by atoms with van der Waals surface area (Å²) >= 11 is 0. The van der Waals surface area contributed by atoms with E-state index in [9.17, 15) is 19.2 Å². The minimum atomic E-state index is -0.651. The molecule has 0 saturated carbocycles. The zero-order chi connectivity index (χ0) is 19.6. The van der Waals surface area contributed by atoms with E-state index in [0.717, 1.165) is 24.2 Å². The fourth-order valence-electron chi connectivity index (χ4n) is 3.83. The lowest BCUT2D eigenvalue weighted by molar-refractivity contribution is -0.140. The van der Waals surface area contributed by atoms with E-state index in [0.29, 0.717) is 5.69 Å². The van der Waals surface area contributed by atoms with Crippen molar-refractivity contribution in [3.63, 3.8) is 0 Å². The maximum absolute atomic E-state index is 12.5. The first-order valence-corrected chi connectivity index (χ1v) is 9.32. The number of carbonyl (C=O) groups is 4. The molecule has 1 aromatic carbocycles. The van der Waals surface area contributed by atoms with Gasteiger partial charge in [-0.05, 0) is 51.3 Å². The van der Waals surface area contributed by atoms with Crippen LogP contribution in [0.25, 0.3) is 0 Å². The van der Waals surface area contributed by atoms with E-state index in [1.165, 1.54) is 12.1 Å². The number of rotatable bonds is 4. The molecular formula is C20H24N2O5. The Morgan fingerprint density at radius 1 is 1.07 bits per heavy atom. The van der Waals surface area contributed by atoms with E-state index in [4.69, 9.17) is 4.74 Å². The van der Waals surface area contributed by atoms with E-state index < -0.39 is 5.97 Å². The number of piperidine rings is 1. The van der Waals surface area contributed by atoms with Gasteiger partial charge in [0.2, 0.25) is 11.8 Å². The van der Waals surface area contributed by atoms with Gasteiger partial charge in [0.05, 0.1) is 11.3 Å². The molecule has 2 heterocycles. The second-order valence-electron chi connectivity index (χ2n) is 7.18. The third-order valence-electron chi connectivity index (χ3n) is 5.20. The summed E-state index contributed by atoms with van der Waals surface area (Å²) in [6, 6.07) is 6.43. The topological polar surface area (TPSA) is 84.0 Å². The molecule has 2 fully saturated rings. The van der Waals surface area contributed by atoms with Crippen LogP contribution >= 0.6 is 0 Å². The highest BCUT2D eigenvalue weighted by atomic mass is 16.5. The summed E-state index contributed by atoms with van der Waals surface area (Å²) < 4.78 is 5.19. The quantitative estimate of drug-likeness (QED) is 0.598. The predicted molar refractivity (Wildman–Crippen MR) is 98.1 cm³/mol. The van der Waals surface area contributed by atoms with Crippen LogP contribution < -0.4 is 4.90 Å². The fraction of sp³-hybridized carbons (Fsp3) is 0.500. The van der Waals surface area contributed by atoms with Gasteiger partial charge < -0.3 is 9.64 Å². The Balaban J connectivity index is 1.65. The lowest BCUT2D eigenvalue weighted by Gasteiger charge is -2.38. The largest absolute Gasteiger partial charge is 0.452 e. The van der Waals surface area contributed by atoms with Crippen LogP contribution in [0.1, 0.15) is 56.3 Å². The van der Waals surface area contributed by atoms with Crippen LogP contribution in [0, 0.1) is 0 Å². The number of carbonyl (C=O) groups excluding carboxylic acids is 4. The lowest BCUT2D eigenvalue weighted by atomic mass is 9.97. The normalized spacial score (nSPS) is 22.9. The molecule has 7 nitrogen and oxygen atoms in total. The third-order valence-corrected chi connectivity index (χ3v) is 5.20.